The first-order valence-electron chi connectivity index (χ1n) is 3.64. The van der Waals surface area contributed by atoms with Crippen LogP contribution in [0.15, 0.2) is 9.59 Å². The highest BCUT2D eigenvalue weighted by molar-refractivity contribution is 8.00. The molecule has 0 atom stereocenters. The van der Waals surface area contributed by atoms with Gasteiger partial charge in [0.15, 0.2) is 0 Å². The van der Waals surface area contributed by atoms with Crippen LogP contribution in [0.5, 0.6) is 0 Å². The van der Waals surface area contributed by atoms with Crippen molar-refractivity contribution in [3.63, 3.8) is 0 Å². The van der Waals surface area contributed by atoms with Gasteiger partial charge < -0.3 is 4.90 Å². The number of rotatable bonds is 1. The van der Waals surface area contributed by atoms with Gasteiger partial charge in [0.25, 0.3) is 5.91 Å². The lowest BCUT2D eigenvalue weighted by atomic mass is 10.2. The van der Waals surface area contributed by atoms with Gasteiger partial charge in [-0.1, -0.05) is 0 Å². The van der Waals surface area contributed by atoms with Crippen molar-refractivity contribution in [2.75, 3.05) is 13.3 Å². The second kappa shape index (κ2) is 2.78. The van der Waals surface area contributed by atoms with Crippen LogP contribution in [0.25, 0.3) is 0 Å². The van der Waals surface area contributed by atoms with Crippen LogP contribution in [-0.2, 0) is 6.54 Å². The summed E-state index contributed by atoms with van der Waals surface area (Å²) in [5.74, 6) is 0.176. The van der Waals surface area contributed by atoms with Gasteiger partial charge >= 0.3 is 0 Å². The summed E-state index contributed by atoms with van der Waals surface area (Å²) in [7, 11) is 1.84. The van der Waals surface area contributed by atoms with Crippen molar-refractivity contribution in [2.24, 2.45) is 0 Å². The predicted octanol–water partition coefficient (Wildman–Crippen LogP) is 2.06. The standard InChI is InChI=1S/C8H9NOS2/c1-9-3-5-4-12-8(11-2)6(5)7(9)10/h4H,3H2,1-2H3. The zero-order valence-corrected chi connectivity index (χ0v) is 8.59. The molecule has 0 aromatic carbocycles. The predicted molar refractivity (Wildman–Crippen MR) is 51.9 cm³/mol. The maximum absolute atomic E-state index is 11.6. The molecule has 1 aliphatic rings. The topological polar surface area (TPSA) is 20.3 Å². The molecule has 1 amide bonds. The molecular formula is C8H9NOS2. The number of nitrogens with zero attached hydrogens (tertiary/aromatic N) is 1. The molecule has 0 saturated heterocycles. The van der Waals surface area contributed by atoms with Crippen LogP contribution in [0, 0.1) is 0 Å². The third kappa shape index (κ3) is 0.983. The van der Waals surface area contributed by atoms with Crippen molar-refractivity contribution in [3.8, 4) is 0 Å². The average Bonchev–Trinajstić information content (AvgIpc) is 2.55. The molecule has 64 valence electrons. The molecule has 0 fully saturated rings. The normalized spacial score (nSPS) is 15.5. The third-order valence-electron chi connectivity index (χ3n) is 1.99. The molecule has 2 heterocycles. The van der Waals surface area contributed by atoms with Crippen molar-refractivity contribution in [1.29, 1.82) is 0 Å². The molecule has 12 heavy (non-hydrogen) atoms. The lowest BCUT2D eigenvalue weighted by Gasteiger charge is -2.06. The van der Waals surface area contributed by atoms with Crippen LogP contribution in [0.3, 0.4) is 0 Å². The number of thiophene rings is 1. The van der Waals surface area contributed by atoms with E-state index in [1.807, 2.05) is 13.3 Å². The summed E-state index contributed by atoms with van der Waals surface area (Å²) >= 11 is 3.33. The van der Waals surface area contributed by atoms with Crippen molar-refractivity contribution in [3.05, 3.63) is 16.5 Å². The van der Waals surface area contributed by atoms with E-state index in [-0.39, 0.29) is 5.91 Å². The molecular weight excluding hydrogens is 190 g/mol. The molecule has 1 aromatic heterocycles. The number of carbonyl (C=O) groups excluding carboxylic acids is 1. The number of hydrogen-bond acceptors (Lipinski definition) is 3. The summed E-state index contributed by atoms with van der Waals surface area (Å²) in [5, 5.41) is 2.09. The Bertz CT molecular complexity index is 332. The molecule has 0 unspecified atom stereocenters. The highest BCUT2D eigenvalue weighted by Crippen LogP contribution is 2.35. The minimum absolute atomic E-state index is 0.176. The summed E-state index contributed by atoms with van der Waals surface area (Å²) in [6.07, 6.45) is 2.01. The van der Waals surface area contributed by atoms with Gasteiger partial charge in [0.2, 0.25) is 0 Å². The number of hydrogen-bond donors (Lipinski definition) is 0. The minimum atomic E-state index is 0.176. The highest BCUT2D eigenvalue weighted by Gasteiger charge is 2.28. The largest absolute Gasteiger partial charge is 0.337 e. The average molecular weight is 199 g/mol. The van der Waals surface area contributed by atoms with Gasteiger partial charge in [-0.05, 0) is 17.2 Å². The Kier molecular flexibility index (Phi) is 1.88. The van der Waals surface area contributed by atoms with Gasteiger partial charge in [-0.25, -0.2) is 0 Å². The summed E-state index contributed by atoms with van der Waals surface area (Å²) in [4.78, 5) is 13.3. The van der Waals surface area contributed by atoms with Gasteiger partial charge in [-0.3, -0.25) is 4.79 Å². The fraction of sp³-hybridized carbons (Fsp3) is 0.375. The monoisotopic (exact) mass is 199 g/mol. The summed E-state index contributed by atoms with van der Waals surface area (Å²) in [6.45, 7) is 0.783. The van der Waals surface area contributed by atoms with Crippen LogP contribution in [0.2, 0.25) is 0 Å². The van der Waals surface area contributed by atoms with E-state index in [9.17, 15) is 4.79 Å². The molecule has 2 nitrogen and oxygen atoms in total. The summed E-state index contributed by atoms with van der Waals surface area (Å²) < 4.78 is 1.15. The van der Waals surface area contributed by atoms with E-state index in [4.69, 9.17) is 0 Å². The molecule has 0 radical (unpaired) electrons. The molecule has 0 bridgehead atoms. The van der Waals surface area contributed by atoms with Crippen molar-refractivity contribution in [2.45, 2.75) is 10.8 Å². The lowest BCUT2D eigenvalue weighted by Crippen LogP contribution is -2.17. The second-order valence-corrected chi connectivity index (χ2v) is 4.74. The lowest BCUT2D eigenvalue weighted by molar-refractivity contribution is 0.0814. The first kappa shape index (κ1) is 8.13. The molecule has 0 spiro atoms. The smallest absolute Gasteiger partial charge is 0.256 e. The van der Waals surface area contributed by atoms with E-state index in [2.05, 4.69) is 5.38 Å². The highest BCUT2D eigenvalue weighted by atomic mass is 32.2. The van der Waals surface area contributed by atoms with E-state index < -0.39 is 0 Å². The van der Waals surface area contributed by atoms with Gasteiger partial charge in [0.1, 0.15) is 0 Å². The Hall–Kier alpha value is -0.480. The molecule has 1 aromatic rings. The van der Waals surface area contributed by atoms with Crippen LogP contribution in [0.1, 0.15) is 15.9 Å². The molecule has 4 heteroatoms. The molecule has 0 saturated carbocycles. The van der Waals surface area contributed by atoms with Crippen molar-refractivity contribution in [1.82, 2.24) is 4.90 Å². The quantitative estimate of drug-likeness (QED) is 0.645. The van der Waals surface area contributed by atoms with Crippen LogP contribution in [-0.4, -0.2) is 24.1 Å². The van der Waals surface area contributed by atoms with Gasteiger partial charge in [-0.2, -0.15) is 0 Å². The Morgan fingerprint density at radius 1 is 1.67 bits per heavy atom. The minimum Gasteiger partial charge on any atom is -0.337 e. The Morgan fingerprint density at radius 2 is 2.42 bits per heavy atom. The maximum Gasteiger partial charge on any atom is 0.256 e. The summed E-state index contributed by atoms with van der Waals surface area (Å²) in [5.41, 5.74) is 2.13. The molecule has 0 aliphatic carbocycles. The van der Waals surface area contributed by atoms with Gasteiger partial charge in [0, 0.05) is 13.6 Å². The maximum atomic E-state index is 11.6. The second-order valence-electron chi connectivity index (χ2n) is 2.79. The first-order valence-corrected chi connectivity index (χ1v) is 5.74. The van der Waals surface area contributed by atoms with E-state index in [0.29, 0.717) is 0 Å². The van der Waals surface area contributed by atoms with Crippen molar-refractivity contribution >= 4 is 29.0 Å². The molecule has 0 N–H and O–H groups in total. The van der Waals surface area contributed by atoms with E-state index in [0.717, 1.165) is 16.3 Å². The summed E-state index contributed by atoms with van der Waals surface area (Å²) in [6, 6.07) is 0. The zero-order chi connectivity index (χ0) is 8.72. The number of thioether (sulfide) groups is 1. The Labute approximate surface area is 79.6 Å². The zero-order valence-electron chi connectivity index (χ0n) is 6.96. The van der Waals surface area contributed by atoms with Crippen LogP contribution in [0.4, 0.5) is 0 Å². The van der Waals surface area contributed by atoms with Gasteiger partial charge in [0.05, 0.1) is 9.77 Å². The third-order valence-corrected chi connectivity index (χ3v) is 4.17. The van der Waals surface area contributed by atoms with Crippen molar-refractivity contribution < 1.29 is 4.79 Å². The fourth-order valence-corrected chi connectivity index (χ4v) is 3.11. The fourth-order valence-electron chi connectivity index (χ4n) is 1.38. The van der Waals surface area contributed by atoms with Crippen LogP contribution < -0.4 is 0 Å². The first-order chi connectivity index (χ1) is 5.74. The van der Waals surface area contributed by atoms with E-state index >= 15 is 0 Å². The Morgan fingerprint density at radius 3 is 3.08 bits per heavy atom. The number of fused-ring (bicyclic) bond motifs is 1. The number of carbonyl (C=O) groups is 1. The molecule has 2 rings (SSSR count). The van der Waals surface area contributed by atoms with E-state index in [1.54, 1.807) is 28.0 Å². The SMILES string of the molecule is CSc1scc2c1C(=O)N(C)C2. The Balaban J connectivity index is 2.51. The van der Waals surface area contributed by atoms with E-state index in [1.165, 1.54) is 5.56 Å². The van der Waals surface area contributed by atoms with Gasteiger partial charge in [-0.15, -0.1) is 23.1 Å². The molecule has 1 aliphatic heterocycles. The van der Waals surface area contributed by atoms with Crippen LogP contribution >= 0.6 is 23.1 Å². The number of amides is 1.